The highest BCUT2D eigenvalue weighted by atomic mass is 19.2. The van der Waals surface area contributed by atoms with E-state index < -0.39 is 17.5 Å². The summed E-state index contributed by atoms with van der Waals surface area (Å²) >= 11 is 0. The van der Waals surface area contributed by atoms with Gasteiger partial charge in [-0.1, -0.05) is 49.5 Å². The summed E-state index contributed by atoms with van der Waals surface area (Å²) in [6, 6.07) is 9.33. The van der Waals surface area contributed by atoms with Crippen molar-refractivity contribution in [2.24, 2.45) is 0 Å². The zero-order valence-corrected chi connectivity index (χ0v) is 13.2. The smallest absolute Gasteiger partial charge is 0.194 e. The van der Waals surface area contributed by atoms with Crippen molar-refractivity contribution in [1.29, 1.82) is 0 Å². The molecule has 3 heteroatoms. The number of hydrogen-bond acceptors (Lipinski definition) is 0. The fraction of sp³-hybridized carbons (Fsp3) is 0.143. The first kappa shape index (κ1) is 17.4. The van der Waals surface area contributed by atoms with Gasteiger partial charge in [-0.05, 0) is 48.1 Å². The molecule has 0 unspecified atom stereocenters. The number of allylic oxidation sites excluding steroid dienone is 1. The van der Waals surface area contributed by atoms with Gasteiger partial charge in [0, 0.05) is 11.1 Å². The molecular formula is C21H15F3. The highest BCUT2D eigenvalue weighted by Crippen LogP contribution is 2.12. The normalized spacial score (nSPS) is 10.0. The molecule has 0 aliphatic carbocycles. The molecule has 0 N–H and O–H groups in total. The Labute approximate surface area is 140 Å². The van der Waals surface area contributed by atoms with Crippen LogP contribution in [0.25, 0.3) is 6.08 Å². The number of halogens is 3. The van der Waals surface area contributed by atoms with E-state index in [4.69, 9.17) is 0 Å². The highest BCUT2D eigenvalue weighted by Gasteiger charge is 2.08. The first-order valence-electron chi connectivity index (χ1n) is 7.53. The molecule has 0 fully saturated rings. The molecule has 0 nitrogen and oxygen atoms in total. The molecule has 0 atom stereocenters. The number of benzene rings is 2. The summed E-state index contributed by atoms with van der Waals surface area (Å²) in [4.78, 5) is 0. The standard InChI is InChI=1S/C21H15F3/c1-2-3-4-7-16-10-12-17(13-11-16)8-5-6-9-18-14-19(22)21(24)20(23)15-18/h4,7,10-15H,2-3H2,1H3/b7-4+. The van der Waals surface area contributed by atoms with Gasteiger partial charge in [0.25, 0.3) is 0 Å². The maximum absolute atomic E-state index is 13.0. The van der Waals surface area contributed by atoms with Gasteiger partial charge < -0.3 is 0 Å². The molecular weight excluding hydrogens is 309 g/mol. The Bertz CT molecular complexity index is 831. The summed E-state index contributed by atoms with van der Waals surface area (Å²) in [7, 11) is 0. The Morgan fingerprint density at radius 2 is 1.46 bits per heavy atom. The van der Waals surface area contributed by atoms with Crippen LogP contribution in [0, 0.1) is 41.1 Å². The van der Waals surface area contributed by atoms with Gasteiger partial charge >= 0.3 is 0 Å². The fourth-order valence-electron chi connectivity index (χ4n) is 1.90. The number of unbranched alkanes of at least 4 members (excludes halogenated alkanes) is 1. The van der Waals surface area contributed by atoms with E-state index in [-0.39, 0.29) is 5.56 Å². The van der Waals surface area contributed by atoms with Gasteiger partial charge in [0.15, 0.2) is 17.5 Å². The summed E-state index contributed by atoms with van der Waals surface area (Å²) in [5.41, 5.74) is 1.92. The first-order valence-corrected chi connectivity index (χ1v) is 7.53. The molecule has 0 aliphatic heterocycles. The van der Waals surface area contributed by atoms with Crippen molar-refractivity contribution in [3.05, 3.63) is 76.6 Å². The summed E-state index contributed by atoms with van der Waals surface area (Å²) in [5, 5.41) is 0. The lowest BCUT2D eigenvalue weighted by Gasteiger charge is -1.95. The van der Waals surface area contributed by atoms with E-state index >= 15 is 0 Å². The minimum absolute atomic E-state index is 0.0390. The largest absolute Gasteiger partial charge is 0.204 e. The van der Waals surface area contributed by atoms with Crippen LogP contribution in [0.15, 0.2) is 42.5 Å². The van der Waals surface area contributed by atoms with Crippen LogP contribution in [-0.2, 0) is 0 Å². The topological polar surface area (TPSA) is 0 Å². The molecule has 2 rings (SSSR count). The van der Waals surface area contributed by atoms with Crippen LogP contribution >= 0.6 is 0 Å². The molecule has 0 aliphatic rings. The molecule has 0 saturated heterocycles. The van der Waals surface area contributed by atoms with Gasteiger partial charge in [-0.2, -0.15) is 0 Å². The summed E-state index contributed by atoms with van der Waals surface area (Å²) in [6.45, 7) is 2.12. The van der Waals surface area contributed by atoms with E-state index in [1.807, 2.05) is 24.3 Å². The third-order valence-corrected chi connectivity index (χ3v) is 3.14. The highest BCUT2D eigenvalue weighted by molar-refractivity contribution is 5.52. The van der Waals surface area contributed by atoms with Gasteiger partial charge in [0.2, 0.25) is 0 Å². The minimum Gasteiger partial charge on any atom is -0.204 e. The lowest BCUT2D eigenvalue weighted by atomic mass is 10.1. The Kier molecular flexibility index (Phi) is 6.29. The maximum atomic E-state index is 13.0. The van der Waals surface area contributed by atoms with Crippen molar-refractivity contribution in [2.45, 2.75) is 19.8 Å². The third-order valence-electron chi connectivity index (χ3n) is 3.14. The molecule has 2 aromatic rings. The minimum atomic E-state index is -1.50. The molecule has 0 heterocycles. The Morgan fingerprint density at radius 1 is 0.875 bits per heavy atom. The first-order chi connectivity index (χ1) is 11.6. The van der Waals surface area contributed by atoms with Crippen LogP contribution in [0.3, 0.4) is 0 Å². The molecule has 120 valence electrons. The second-order valence-electron chi connectivity index (χ2n) is 5.07. The van der Waals surface area contributed by atoms with Gasteiger partial charge in [0.05, 0.1) is 0 Å². The lowest BCUT2D eigenvalue weighted by Crippen LogP contribution is -1.91. The summed E-state index contributed by atoms with van der Waals surface area (Å²) in [6.07, 6.45) is 6.33. The average Bonchev–Trinajstić information content (AvgIpc) is 2.58. The monoisotopic (exact) mass is 324 g/mol. The van der Waals surface area contributed by atoms with Crippen molar-refractivity contribution < 1.29 is 13.2 Å². The maximum Gasteiger partial charge on any atom is 0.194 e. The second kappa shape index (κ2) is 8.65. The van der Waals surface area contributed by atoms with Crippen LogP contribution < -0.4 is 0 Å². The molecule has 0 spiro atoms. The van der Waals surface area contributed by atoms with Crippen molar-refractivity contribution >= 4 is 6.08 Å². The fourth-order valence-corrected chi connectivity index (χ4v) is 1.90. The van der Waals surface area contributed by atoms with E-state index in [1.54, 1.807) is 0 Å². The lowest BCUT2D eigenvalue weighted by molar-refractivity contribution is 0.446. The molecule has 0 amide bonds. The SMILES string of the molecule is CCC/C=C/c1ccc(C#CC#Cc2cc(F)c(F)c(F)c2)cc1. The Morgan fingerprint density at radius 3 is 2.04 bits per heavy atom. The van der Waals surface area contributed by atoms with Gasteiger partial charge in [-0.3, -0.25) is 0 Å². The van der Waals surface area contributed by atoms with Crippen molar-refractivity contribution in [2.75, 3.05) is 0 Å². The Hall–Kier alpha value is -2.91. The van der Waals surface area contributed by atoms with E-state index in [9.17, 15) is 13.2 Å². The predicted octanol–water partition coefficient (Wildman–Crippen LogP) is 5.32. The quantitative estimate of drug-likeness (QED) is 0.529. The zero-order valence-electron chi connectivity index (χ0n) is 13.2. The van der Waals surface area contributed by atoms with Gasteiger partial charge in [-0.15, -0.1) is 0 Å². The third kappa shape index (κ3) is 5.07. The Balaban J connectivity index is 2.06. The van der Waals surface area contributed by atoms with E-state index in [2.05, 4.69) is 42.8 Å². The van der Waals surface area contributed by atoms with E-state index in [1.165, 1.54) is 0 Å². The zero-order chi connectivity index (χ0) is 17.4. The van der Waals surface area contributed by atoms with Gasteiger partial charge in [0.1, 0.15) is 0 Å². The van der Waals surface area contributed by atoms with Crippen LogP contribution in [0.4, 0.5) is 13.2 Å². The van der Waals surface area contributed by atoms with E-state index in [0.717, 1.165) is 36.1 Å². The summed E-state index contributed by atoms with van der Waals surface area (Å²) in [5.74, 6) is 6.41. The molecule has 0 radical (unpaired) electrons. The van der Waals surface area contributed by atoms with Crippen LogP contribution in [0.1, 0.15) is 36.5 Å². The number of rotatable bonds is 3. The molecule has 0 saturated carbocycles. The van der Waals surface area contributed by atoms with Gasteiger partial charge in [-0.25, -0.2) is 13.2 Å². The summed E-state index contributed by atoms with van der Waals surface area (Å²) < 4.78 is 38.9. The van der Waals surface area contributed by atoms with Crippen LogP contribution in [0.2, 0.25) is 0 Å². The van der Waals surface area contributed by atoms with Crippen LogP contribution in [0.5, 0.6) is 0 Å². The average molecular weight is 324 g/mol. The van der Waals surface area contributed by atoms with Crippen LogP contribution in [-0.4, -0.2) is 0 Å². The molecule has 2 aromatic carbocycles. The predicted molar refractivity (Wildman–Crippen MR) is 90.5 cm³/mol. The van der Waals surface area contributed by atoms with Crippen molar-refractivity contribution in [1.82, 2.24) is 0 Å². The molecule has 24 heavy (non-hydrogen) atoms. The second-order valence-corrected chi connectivity index (χ2v) is 5.07. The molecule has 0 bridgehead atoms. The molecule has 0 aromatic heterocycles. The number of hydrogen-bond donors (Lipinski definition) is 0. The van der Waals surface area contributed by atoms with Crippen molar-refractivity contribution in [3.63, 3.8) is 0 Å². The van der Waals surface area contributed by atoms with E-state index in [0.29, 0.717) is 0 Å². The van der Waals surface area contributed by atoms with Crippen molar-refractivity contribution in [3.8, 4) is 23.7 Å².